The maximum atomic E-state index is 13.4. The van der Waals surface area contributed by atoms with Crippen molar-refractivity contribution < 1.29 is 14.3 Å². The minimum absolute atomic E-state index is 0.127. The molecule has 8 nitrogen and oxygen atoms in total. The second-order valence-corrected chi connectivity index (χ2v) is 9.97. The number of fused-ring (bicyclic) bond motifs is 1. The number of ether oxygens (including phenoxy) is 1. The molecule has 1 aliphatic heterocycles. The summed E-state index contributed by atoms with van der Waals surface area (Å²) in [7, 11) is 4.03. The molecule has 0 radical (unpaired) electrons. The third-order valence-electron chi connectivity index (χ3n) is 6.93. The number of anilines is 1. The first-order valence-electron chi connectivity index (χ1n) is 11.8. The Morgan fingerprint density at radius 3 is 2.58 bits per heavy atom. The molecule has 1 aromatic heterocycles. The standard InChI is InChI=1S/C25H35N5O3/c1-25(2)21-19(22(28-27-21)26-23(31)18-13-9-6-10-14-18)15-30(25)24(32)33-20(16-29(3)4)17-11-7-5-8-12-17/h6,9-10,13-14,17,20H,5,7-8,11-12,15-16H2,1-4H3,(H2,26,27,28,31). The number of hydrogen-bond donors (Lipinski definition) is 2. The van der Waals surface area contributed by atoms with Gasteiger partial charge in [-0.25, -0.2) is 4.79 Å². The van der Waals surface area contributed by atoms with Crippen molar-refractivity contribution in [3.8, 4) is 0 Å². The van der Waals surface area contributed by atoms with E-state index < -0.39 is 5.54 Å². The zero-order valence-electron chi connectivity index (χ0n) is 20.1. The van der Waals surface area contributed by atoms with Gasteiger partial charge in [-0.3, -0.25) is 14.8 Å². The molecule has 1 aliphatic carbocycles. The molecule has 178 valence electrons. The molecule has 0 spiro atoms. The number of H-pyrrole nitrogens is 1. The number of carbonyl (C=O) groups excluding carboxylic acids is 2. The molecular formula is C25H35N5O3. The van der Waals surface area contributed by atoms with Gasteiger partial charge in [0.2, 0.25) is 0 Å². The van der Waals surface area contributed by atoms with Gasteiger partial charge in [0, 0.05) is 17.7 Å². The highest BCUT2D eigenvalue weighted by atomic mass is 16.6. The summed E-state index contributed by atoms with van der Waals surface area (Å²) < 4.78 is 6.13. The van der Waals surface area contributed by atoms with Crippen molar-refractivity contribution in [1.82, 2.24) is 20.0 Å². The molecule has 1 saturated carbocycles. The predicted octanol–water partition coefficient (Wildman–Crippen LogP) is 4.36. The number of hydrogen-bond acceptors (Lipinski definition) is 5. The molecule has 2 N–H and O–H groups in total. The van der Waals surface area contributed by atoms with Crippen molar-refractivity contribution in [2.24, 2.45) is 5.92 Å². The van der Waals surface area contributed by atoms with Gasteiger partial charge in [0.1, 0.15) is 6.10 Å². The SMILES string of the molecule is CN(C)CC(OC(=O)N1Cc2c(NC(=O)c3ccccc3)n[nH]c2C1(C)C)C1CCCCC1. The van der Waals surface area contributed by atoms with E-state index in [1.165, 1.54) is 19.3 Å². The lowest BCUT2D eigenvalue weighted by Crippen LogP contribution is -2.45. The largest absolute Gasteiger partial charge is 0.444 e. The molecule has 1 aromatic carbocycles. The Labute approximate surface area is 195 Å². The lowest BCUT2D eigenvalue weighted by molar-refractivity contribution is -0.00392. The highest BCUT2D eigenvalue weighted by Crippen LogP contribution is 2.41. The number of nitrogens with zero attached hydrogens (tertiary/aromatic N) is 3. The highest BCUT2D eigenvalue weighted by molar-refractivity contribution is 6.04. The molecule has 1 atom stereocenters. The van der Waals surface area contributed by atoms with E-state index in [1.807, 2.05) is 46.1 Å². The normalized spacial score (nSPS) is 18.8. The zero-order valence-corrected chi connectivity index (χ0v) is 20.1. The number of amides is 2. The second-order valence-electron chi connectivity index (χ2n) is 9.97. The average Bonchev–Trinajstić information content (AvgIpc) is 3.32. The zero-order chi connectivity index (χ0) is 23.6. The fourth-order valence-corrected chi connectivity index (χ4v) is 5.02. The molecule has 2 amide bonds. The van der Waals surface area contributed by atoms with Gasteiger partial charge in [0.05, 0.1) is 17.8 Å². The Hall–Kier alpha value is -2.87. The van der Waals surface area contributed by atoms with E-state index in [9.17, 15) is 9.59 Å². The number of carbonyl (C=O) groups is 2. The molecule has 33 heavy (non-hydrogen) atoms. The maximum Gasteiger partial charge on any atom is 0.411 e. The van der Waals surface area contributed by atoms with Crippen molar-refractivity contribution in [1.29, 1.82) is 0 Å². The van der Waals surface area contributed by atoms with Crippen molar-refractivity contribution in [3.63, 3.8) is 0 Å². The van der Waals surface area contributed by atoms with Crippen molar-refractivity contribution in [2.45, 2.75) is 64.1 Å². The van der Waals surface area contributed by atoms with Gasteiger partial charge in [0.15, 0.2) is 5.82 Å². The third kappa shape index (κ3) is 4.90. The van der Waals surface area contributed by atoms with Crippen molar-refractivity contribution in [2.75, 3.05) is 26.0 Å². The van der Waals surface area contributed by atoms with Gasteiger partial charge in [-0.05, 0) is 58.8 Å². The summed E-state index contributed by atoms with van der Waals surface area (Å²) in [5.74, 6) is 0.627. The Balaban J connectivity index is 1.49. The topological polar surface area (TPSA) is 90.6 Å². The first-order chi connectivity index (χ1) is 15.8. The quantitative estimate of drug-likeness (QED) is 0.678. The molecular weight excluding hydrogens is 418 g/mol. The van der Waals surface area contributed by atoms with Crippen LogP contribution < -0.4 is 5.32 Å². The number of benzene rings is 1. The lowest BCUT2D eigenvalue weighted by Gasteiger charge is -2.36. The molecule has 8 heteroatoms. The third-order valence-corrected chi connectivity index (χ3v) is 6.93. The number of rotatable bonds is 6. The summed E-state index contributed by atoms with van der Waals surface area (Å²) in [6.45, 7) is 5.00. The molecule has 2 aromatic rings. The first-order valence-corrected chi connectivity index (χ1v) is 11.8. The molecule has 1 fully saturated rings. The highest BCUT2D eigenvalue weighted by Gasteiger charge is 2.45. The Kier molecular flexibility index (Phi) is 6.74. The van der Waals surface area contributed by atoms with Gasteiger partial charge >= 0.3 is 6.09 Å². The lowest BCUT2D eigenvalue weighted by atomic mass is 9.85. The number of likely N-dealkylation sites (N-methyl/N-ethyl adjacent to an activating group) is 1. The summed E-state index contributed by atoms with van der Waals surface area (Å²) in [6, 6.07) is 9.02. The number of nitrogens with one attached hydrogen (secondary N) is 2. The summed E-state index contributed by atoms with van der Waals surface area (Å²) >= 11 is 0. The van der Waals surface area contributed by atoms with Crippen LogP contribution in [0.2, 0.25) is 0 Å². The van der Waals surface area contributed by atoms with Crippen LogP contribution in [0.25, 0.3) is 0 Å². The predicted molar refractivity (Wildman–Crippen MR) is 127 cm³/mol. The molecule has 2 heterocycles. The van der Waals surface area contributed by atoms with Gasteiger partial charge < -0.3 is 15.0 Å². The molecule has 1 unspecified atom stereocenters. The summed E-state index contributed by atoms with van der Waals surface area (Å²) in [6.07, 6.45) is 5.42. The van der Waals surface area contributed by atoms with Crippen LogP contribution in [-0.4, -0.2) is 58.7 Å². The van der Waals surface area contributed by atoms with Gasteiger partial charge in [0.25, 0.3) is 5.91 Å². The fraction of sp³-hybridized carbons (Fsp3) is 0.560. The summed E-state index contributed by atoms with van der Waals surface area (Å²) in [5, 5.41) is 10.3. The van der Waals surface area contributed by atoms with Crippen molar-refractivity contribution >= 4 is 17.8 Å². The Morgan fingerprint density at radius 2 is 1.91 bits per heavy atom. The second kappa shape index (κ2) is 9.55. The fourth-order valence-electron chi connectivity index (χ4n) is 5.02. The van der Waals surface area contributed by atoms with E-state index in [0.717, 1.165) is 30.6 Å². The van der Waals surface area contributed by atoms with Crippen LogP contribution in [-0.2, 0) is 16.8 Å². The molecule has 0 bridgehead atoms. The van der Waals surface area contributed by atoms with Crippen LogP contribution in [0.1, 0.15) is 67.6 Å². The van der Waals surface area contributed by atoms with Gasteiger partial charge in [-0.15, -0.1) is 0 Å². The van der Waals surface area contributed by atoms with E-state index in [0.29, 0.717) is 23.8 Å². The van der Waals surface area contributed by atoms with E-state index in [1.54, 1.807) is 17.0 Å². The minimum atomic E-state index is -0.621. The van der Waals surface area contributed by atoms with Crippen molar-refractivity contribution in [3.05, 3.63) is 47.2 Å². The van der Waals surface area contributed by atoms with Gasteiger partial charge in [-0.1, -0.05) is 37.5 Å². The van der Waals surface area contributed by atoms with Crippen LogP contribution in [0.4, 0.5) is 10.6 Å². The summed E-state index contributed by atoms with van der Waals surface area (Å²) in [4.78, 5) is 29.8. The minimum Gasteiger partial charge on any atom is -0.444 e. The first kappa shape index (κ1) is 23.3. The monoisotopic (exact) mass is 453 g/mol. The van der Waals surface area contributed by atoms with E-state index in [-0.39, 0.29) is 18.1 Å². The molecule has 2 aliphatic rings. The number of aromatic nitrogens is 2. The smallest absolute Gasteiger partial charge is 0.411 e. The van der Waals surface area contributed by atoms with Gasteiger partial charge in [-0.2, -0.15) is 5.10 Å². The molecule has 0 saturated heterocycles. The summed E-state index contributed by atoms with van der Waals surface area (Å²) in [5.41, 5.74) is 1.58. The average molecular weight is 454 g/mol. The Bertz CT molecular complexity index is 979. The van der Waals surface area contributed by atoms with E-state index in [2.05, 4.69) is 20.4 Å². The Morgan fingerprint density at radius 1 is 1.21 bits per heavy atom. The number of aromatic amines is 1. The van der Waals surface area contributed by atoms with Crippen LogP contribution in [0.3, 0.4) is 0 Å². The molecule has 4 rings (SSSR count). The van der Waals surface area contributed by atoms with Crippen LogP contribution in [0.5, 0.6) is 0 Å². The van der Waals surface area contributed by atoms with E-state index in [4.69, 9.17) is 4.74 Å². The van der Waals surface area contributed by atoms with Crippen LogP contribution in [0, 0.1) is 5.92 Å². The van der Waals surface area contributed by atoms with E-state index >= 15 is 0 Å². The maximum absolute atomic E-state index is 13.4. The van der Waals surface area contributed by atoms with Crippen LogP contribution in [0.15, 0.2) is 30.3 Å². The van der Waals surface area contributed by atoms with Crippen LogP contribution >= 0.6 is 0 Å².